The summed E-state index contributed by atoms with van der Waals surface area (Å²) in [5.74, 6) is -0.110. The molecule has 0 aliphatic carbocycles. The minimum atomic E-state index is -4.63. The number of sulfonamides is 1. The number of nitrogens with one attached hydrogen (secondary N) is 2. The summed E-state index contributed by atoms with van der Waals surface area (Å²) in [5, 5.41) is 24.8. The lowest BCUT2D eigenvalue weighted by Gasteiger charge is -2.21. The predicted octanol–water partition coefficient (Wildman–Crippen LogP) is 2.19. The van der Waals surface area contributed by atoms with Crippen LogP contribution in [0.1, 0.15) is 24.8 Å². The Kier molecular flexibility index (Phi) is 13.5. The second kappa shape index (κ2) is 15.7. The van der Waals surface area contributed by atoms with Gasteiger partial charge in [0.25, 0.3) is 0 Å². The van der Waals surface area contributed by atoms with Crippen LogP contribution in [-0.4, -0.2) is 53.4 Å². The molecule has 16 heteroatoms. The van der Waals surface area contributed by atoms with Crippen LogP contribution in [0.25, 0.3) is 0 Å². The highest BCUT2D eigenvalue weighted by Crippen LogP contribution is 2.29. The van der Waals surface area contributed by atoms with Crippen molar-refractivity contribution in [3.8, 4) is 23.6 Å². The molecular weight excluding hydrogens is 572 g/mol. The molecule has 2 rings (SSSR count). The van der Waals surface area contributed by atoms with Crippen LogP contribution in [0.2, 0.25) is 0 Å². The maximum absolute atomic E-state index is 13.3. The number of halogens is 1. The van der Waals surface area contributed by atoms with Gasteiger partial charge in [-0.2, -0.15) is 23.2 Å². The SMILES string of the molecule is Cc1cc(OCCCONC(=N)N)cc(OS(=O)(=O)c2ccccc2S(=O)(=O)N(CCC#N)CCC#N)c1.Cl. The van der Waals surface area contributed by atoms with Crippen molar-refractivity contribution >= 4 is 38.5 Å². The zero-order chi connectivity index (χ0) is 28.2. The van der Waals surface area contributed by atoms with Crippen LogP contribution >= 0.6 is 12.4 Å². The van der Waals surface area contributed by atoms with Crippen LogP contribution < -0.4 is 20.1 Å². The molecule has 0 saturated heterocycles. The normalized spacial score (nSPS) is 11.1. The zero-order valence-corrected chi connectivity index (χ0v) is 23.4. The third-order valence-electron chi connectivity index (χ3n) is 4.75. The fourth-order valence-corrected chi connectivity index (χ4v) is 6.31. The van der Waals surface area contributed by atoms with Crippen molar-refractivity contribution in [2.45, 2.75) is 36.0 Å². The van der Waals surface area contributed by atoms with Crippen LogP contribution in [0, 0.1) is 35.0 Å². The topological polar surface area (TPSA) is 209 Å². The van der Waals surface area contributed by atoms with Gasteiger partial charge in [0.05, 0.1) is 25.4 Å². The van der Waals surface area contributed by atoms with E-state index in [-0.39, 0.29) is 63.3 Å². The Balaban J connectivity index is 0.00000760. The van der Waals surface area contributed by atoms with Crippen LogP contribution in [0.3, 0.4) is 0 Å². The van der Waals surface area contributed by atoms with Crippen LogP contribution in [0.15, 0.2) is 52.3 Å². The molecule has 0 spiro atoms. The molecule has 4 N–H and O–H groups in total. The number of aryl methyl sites for hydroxylation is 1. The zero-order valence-electron chi connectivity index (χ0n) is 21.0. The first-order chi connectivity index (χ1) is 18.0. The molecule has 13 nitrogen and oxygen atoms in total. The maximum atomic E-state index is 13.3. The van der Waals surface area contributed by atoms with Gasteiger partial charge < -0.3 is 14.7 Å². The van der Waals surface area contributed by atoms with Crippen molar-refractivity contribution < 1.29 is 30.6 Å². The monoisotopic (exact) mass is 600 g/mol. The molecule has 0 fully saturated rings. The number of nitrogens with zero attached hydrogens (tertiary/aromatic N) is 3. The Morgan fingerprint density at radius 3 is 2.18 bits per heavy atom. The Morgan fingerprint density at radius 1 is 1.00 bits per heavy atom. The van der Waals surface area contributed by atoms with Crippen molar-refractivity contribution in [1.82, 2.24) is 9.79 Å². The van der Waals surface area contributed by atoms with Crippen molar-refractivity contribution in [3.05, 3.63) is 48.0 Å². The highest BCUT2D eigenvalue weighted by Gasteiger charge is 2.32. The van der Waals surface area contributed by atoms with E-state index in [0.29, 0.717) is 17.7 Å². The minimum Gasteiger partial charge on any atom is -0.493 e. The maximum Gasteiger partial charge on any atom is 0.340 e. The third-order valence-corrected chi connectivity index (χ3v) is 8.15. The van der Waals surface area contributed by atoms with Gasteiger partial charge in [-0.25, -0.2) is 13.9 Å². The average Bonchev–Trinajstić information content (AvgIpc) is 2.85. The molecular formula is C23H29ClN6O7S2. The molecule has 0 aliphatic heterocycles. The Hall–Kier alpha value is -3.60. The van der Waals surface area contributed by atoms with E-state index in [4.69, 9.17) is 35.4 Å². The van der Waals surface area contributed by atoms with E-state index in [0.717, 1.165) is 16.4 Å². The van der Waals surface area contributed by atoms with Crippen molar-refractivity contribution in [1.29, 1.82) is 15.9 Å². The number of ether oxygens (including phenoxy) is 1. The van der Waals surface area contributed by atoms with E-state index in [1.54, 1.807) is 13.0 Å². The van der Waals surface area contributed by atoms with Crippen molar-refractivity contribution in [2.24, 2.45) is 5.73 Å². The first-order valence-corrected chi connectivity index (χ1v) is 14.1. The van der Waals surface area contributed by atoms with Gasteiger partial charge in [-0.3, -0.25) is 10.2 Å². The molecule has 2 aromatic rings. The second-order valence-electron chi connectivity index (χ2n) is 7.75. The molecule has 212 valence electrons. The molecule has 0 bridgehead atoms. The number of nitrogens with two attached hydrogens (primary N) is 1. The average molecular weight is 601 g/mol. The van der Waals surface area contributed by atoms with Crippen LogP contribution in [-0.2, 0) is 25.0 Å². The molecule has 0 amide bonds. The van der Waals surface area contributed by atoms with Gasteiger partial charge in [0, 0.05) is 38.4 Å². The Morgan fingerprint density at radius 2 is 1.59 bits per heavy atom. The number of nitriles is 2. The molecule has 0 atom stereocenters. The molecule has 0 aliphatic rings. The van der Waals surface area contributed by atoms with E-state index in [9.17, 15) is 16.8 Å². The molecule has 2 aromatic carbocycles. The summed E-state index contributed by atoms with van der Waals surface area (Å²) >= 11 is 0. The lowest BCUT2D eigenvalue weighted by atomic mass is 10.2. The standard InChI is InChI=1S/C23H28N6O7S2.ClH/c1-18-15-19(34-13-6-14-35-28-23(26)27)17-20(16-18)36-38(32,33)22-8-3-2-7-21(22)37(30,31)29(11-4-9-24)12-5-10-25;/h2-3,7-8,15-17H,4-6,11-14H2,1H3,(H4,26,27,28);1H. The van der Waals surface area contributed by atoms with Crippen LogP contribution in [0.5, 0.6) is 11.5 Å². The van der Waals surface area contributed by atoms with E-state index >= 15 is 0 Å². The van der Waals surface area contributed by atoms with Gasteiger partial charge in [-0.1, -0.05) is 12.1 Å². The fraction of sp³-hybridized carbons (Fsp3) is 0.348. The highest BCUT2D eigenvalue weighted by atomic mass is 35.5. The quantitative estimate of drug-likeness (QED) is 0.0886. The summed E-state index contributed by atoms with van der Waals surface area (Å²) in [5.41, 5.74) is 7.92. The summed E-state index contributed by atoms with van der Waals surface area (Å²) in [6.45, 7) is 1.70. The number of hydroxylamine groups is 1. The molecule has 0 saturated carbocycles. The van der Waals surface area contributed by atoms with Gasteiger partial charge in [0.15, 0.2) is 0 Å². The van der Waals surface area contributed by atoms with E-state index in [1.165, 1.54) is 24.3 Å². The van der Waals surface area contributed by atoms with Gasteiger partial charge in [-0.05, 0) is 36.8 Å². The van der Waals surface area contributed by atoms with E-state index in [1.807, 2.05) is 12.1 Å². The smallest absolute Gasteiger partial charge is 0.340 e. The molecule has 0 aromatic heterocycles. The first-order valence-electron chi connectivity index (χ1n) is 11.2. The van der Waals surface area contributed by atoms with Gasteiger partial charge in [0.2, 0.25) is 16.0 Å². The van der Waals surface area contributed by atoms with Crippen molar-refractivity contribution in [2.75, 3.05) is 26.3 Å². The lowest BCUT2D eigenvalue weighted by molar-refractivity contribution is 0.0733. The number of rotatable bonds is 15. The number of benzene rings is 2. The number of guanidine groups is 1. The summed E-state index contributed by atoms with van der Waals surface area (Å²) < 4.78 is 64.9. The Labute approximate surface area is 234 Å². The summed E-state index contributed by atoms with van der Waals surface area (Å²) in [6.07, 6.45) is 0.158. The van der Waals surface area contributed by atoms with Gasteiger partial charge in [-0.15, -0.1) is 12.4 Å². The molecule has 39 heavy (non-hydrogen) atoms. The van der Waals surface area contributed by atoms with E-state index < -0.39 is 29.9 Å². The van der Waals surface area contributed by atoms with Gasteiger partial charge in [0.1, 0.15) is 21.3 Å². The summed E-state index contributed by atoms with van der Waals surface area (Å²) in [7, 11) is -9.01. The summed E-state index contributed by atoms with van der Waals surface area (Å²) in [4.78, 5) is 3.81. The third kappa shape index (κ3) is 10.2. The molecule has 0 radical (unpaired) electrons. The summed E-state index contributed by atoms with van der Waals surface area (Å²) in [6, 6.07) is 13.1. The largest absolute Gasteiger partial charge is 0.493 e. The van der Waals surface area contributed by atoms with Crippen LogP contribution in [0.4, 0.5) is 0 Å². The minimum absolute atomic E-state index is 0. The van der Waals surface area contributed by atoms with E-state index in [2.05, 4.69) is 5.48 Å². The predicted molar refractivity (Wildman–Crippen MR) is 143 cm³/mol. The number of hydrogen-bond donors (Lipinski definition) is 3. The molecule has 0 unspecified atom stereocenters. The van der Waals surface area contributed by atoms with Crippen molar-refractivity contribution in [3.63, 3.8) is 0 Å². The lowest BCUT2D eigenvalue weighted by Crippen LogP contribution is -2.34. The fourth-order valence-electron chi connectivity index (χ4n) is 3.18. The second-order valence-corrected chi connectivity index (χ2v) is 11.2. The number of hydrogen-bond acceptors (Lipinski definition) is 10. The first kappa shape index (κ1) is 33.4. The Bertz CT molecular complexity index is 1410. The highest BCUT2D eigenvalue weighted by molar-refractivity contribution is 7.91. The van der Waals surface area contributed by atoms with Gasteiger partial charge >= 0.3 is 10.1 Å². The molecule has 0 heterocycles.